The number of aliphatic carboxylic acids is 1. The Labute approximate surface area is 154 Å². The van der Waals surface area contributed by atoms with Gasteiger partial charge in [-0.05, 0) is 44.4 Å². The minimum absolute atomic E-state index is 0.0513. The van der Waals surface area contributed by atoms with Gasteiger partial charge in [0.2, 0.25) is 0 Å². The molecule has 0 heterocycles. The van der Waals surface area contributed by atoms with E-state index in [1.807, 2.05) is 43.9 Å². The zero-order valence-electron chi connectivity index (χ0n) is 15.7. The monoisotopic (exact) mass is 363 g/mol. The Balaban J connectivity index is 1.62. The van der Waals surface area contributed by atoms with Gasteiger partial charge < -0.3 is 20.5 Å². The Kier molecular flexibility index (Phi) is 7.26. The maximum Gasteiger partial charge on any atom is 0.317 e. The summed E-state index contributed by atoms with van der Waals surface area (Å²) in [5.41, 5.74) is 2.16. The fourth-order valence-corrected chi connectivity index (χ4v) is 3.26. The number of nitrogens with zero attached hydrogens (tertiary/aromatic N) is 1. The highest BCUT2D eigenvalue weighted by Crippen LogP contribution is 2.25. The molecule has 7 nitrogen and oxygen atoms in total. The van der Waals surface area contributed by atoms with E-state index in [9.17, 15) is 9.59 Å². The van der Waals surface area contributed by atoms with Gasteiger partial charge in [0.1, 0.15) is 12.4 Å². The van der Waals surface area contributed by atoms with E-state index in [2.05, 4.69) is 10.6 Å². The zero-order chi connectivity index (χ0) is 19.1. The van der Waals surface area contributed by atoms with Crippen molar-refractivity contribution in [2.75, 3.05) is 26.2 Å². The Morgan fingerprint density at radius 2 is 1.92 bits per heavy atom. The summed E-state index contributed by atoms with van der Waals surface area (Å²) in [6, 6.07) is 6.11. The van der Waals surface area contributed by atoms with Crippen LogP contribution in [0.25, 0.3) is 0 Å². The predicted molar refractivity (Wildman–Crippen MR) is 99.6 cm³/mol. The van der Waals surface area contributed by atoms with Gasteiger partial charge in [0.05, 0.1) is 13.1 Å². The molecular weight excluding hydrogens is 334 g/mol. The van der Waals surface area contributed by atoms with E-state index in [1.165, 1.54) is 0 Å². The first-order valence-corrected chi connectivity index (χ1v) is 9.10. The number of nitrogens with one attached hydrogen (secondary N) is 2. The molecule has 2 rings (SSSR count). The van der Waals surface area contributed by atoms with Crippen molar-refractivity contribution in [3.8, 4) is 5.75 Å². The molecule has 1 aliphatic rings. The Bertz CT molecular complexity index is 609. The van der Waals surface area contributed by atoms with Crippen molar-refractivity contribution in [2.24, 2.45) is 0 Å². The first kappa shape index (κ1) is 20.0. The van der Waals surface area contributed by atoms with Crippen molar-refractivity contribution in [3.05, 3.63) is 29.3 Å². The molecule has 144 valence electrons. The molecule has 7 heteroatoms. The van der Waals surface area contributed by atoms with E-state index in [0.29, 0.717) is 19.7 Å². The maximum atomic E-state index is 11.9. The molecule has 1 aliphatic carbocycles. The molecule has 0 radical (unpaired) electrons. The van der Waals surface area contributed by atoms with Crippen LogP contribution in [0.1, 0.15) is 30.9 Å². The summed E-state index contributed by atoms with van der Waals surface area (Å²) in [5.74, 6) is 0.0551. The zero-order valence-corrected chi connectivity index (χ0v) is 15.7. The van der Waals surface area contributed by atoms with E-state index < -0.39 is 5.97 Å². The van der Waals surface area contributed by atoms with E-state index in [-0.39, 0.29) is 24.7 Å². The van der Waals surface area contributed by atoms with E-state index in [0.717, 1.165) is 29.7 Å². The normalized spacial score (nSPS) is 18.9. The number of hydrogen-bond acceptors (Lipinski definition) is 4. The van der Waals surface area contributed by atoms with E-state index in [1.54, 1.807) is 0 Å². The van der Waals surface area contributed by atoms with Gasteiger partial charge in [-0.2, -0.15) is 0 Å². The fraction of sp³-hybridized carbons (Fsp3) is 0.579. The summed E-state index contributed by atoms with van der Waals surface area (Å²) in [5, 5.41) is 14.6. The molecule has 3 N–H and O–H groups in total. The second-order valence-corrected chi connectivity index (χ2v) is 6.75. The molecular formula is C19H29N3O4. The average molecular weight is 363 g/mol. The standard InChI is InChI=1S/C19H29N3O4/c1-4-22(12-17(23)24)16-10-15(11-16)21-19(25)20-8-9-26-18-13(2)6-5-7-14(18)3/h5-7,15-16H,4,8-12H2,1-3H3,(H,23,24)(H2,20,21,25). The van der Waals surface area contributed by atoms with Crippen molar-refractivity contribution < 1.29 is 19.4 Å². The van der Waals surface area contributed by atoms with Gasteiger partial charge in [-0.15, -0.1) is 0 Å². The van der Waals surface area contributed by atoms with E-state index >= 15 is 0 Å². The second-order valence-electron chi connectivity index (χ2n) is 6.75. The third-order valence-corrected chi connectivity index (χ3v) is 4.75. The van der Waals surface area contributed by atoms with Gasteiger partial charge in [-0.1, -0.05) is 25.1 Å². The lowest BCUT2D eigenvalue weighted by atomic mass is 9.85. The van der Waals surface area contributed by atoms with Crippen LogP contribution in [0.15, 0.2) is 18.2 Å². The second kappa shape index (κ2) is 9.43. The van der Waals surface area contributed by atoms with Crippen LogP contribution >= 0.6 is 0 Å². The number of carbonyl (C=O) groups is 2. The van der Waals surface area contributed by atoms with Gasteiger partial charge in [-0.25, -0.2) is 4.79 Å². The van der Waals surface area contributed by atoms with Crippen molar-refractivity contribution >= 4 is 12.0 Å². The highest BCUT2D eigenvalue weighted by atomic mass is 16.5. The van der Waals surface area contributed by atoms with Crippen LogP contribution in [0.5, 0.6) is 5.75 Å². The maximum absolute atomic E-state index is 11.9. The van der Waals surface area contributed by atoms with Crippen molar-refractivity contribution in [1.82, 2.24) is 15.5 Å². The van der Waals surface area contributed by atoms with Crippen LogP contribution in [0.2, 0.25) is 0 Å². The first-order valence-electron chi connectivity index (χ1n) is 9.10. The molecule has 0 spiro atoms. The number of likely N-dealkylation sites (N-methyl/N-ethyl adjacent to an activating group) is 1. The molecule has 1 fully saturated rings. The molecule has 0 unspecified atom stereocenters. The summed E-state index contributed by atoms with van der Waals surface area (Å²) in [6.45, 7) is 7.54. The summed E-state index contributed by atoms with van der Waals surface area (Å²) < 4.78 is 5.76. The van der Waals surface area contributed by atoms with Crippen LogP contribution in [-0.2, 0) is 4.79 Å². The highest BCUT2D eigenvalue weighted by molar-refractivity contribution is 5.74. The van der Waals surface area contributed by atoms with Gasteiger partial charge in [0.25, 0.3) is 0 Å². The molecule has 1 aromatic rings. The topological polar surface area (TPSA) is 90.9 Å². The largest absolute Gasteiger partial charge is 0.491 e. The fourth-order valence-electron chi connectivity index (χ4n) is 3.26. The molecule has 0 bridgehead atoms. The van der Waals surface area contributed by atoms with Gasteiger partial charge in [0, 0.05) is 12.1 Å². The lowest BCUT2D eigenvalue weighted by molar-refractivity contribution is -0.139. The Hall–Kier alpha value is -2.28. The minimum Gasteiger partial charge on any atom is -0.491 e. The van der Waals surface area contributed by atoms with Crippen molar-refractivity contribution in [1.29, 1.82) is 0 Å². The molecule has 26 heavy (non-hydrogen) atoms. The van der Waals surface area contributed by atoms with Crippen LogP contribution in [0.3, 0.4) is 0 Å². The first-order chi connectivity index (χ1) is 12.4. The number of amides is 2. The molecule has 0 aromatic heterocycles. The van der Waals surface area contributed by atoms with Gasteiger partial charge in [-0.3, -0.25) is 9.69 Å². The number of benzene rings is 1. The number of rotatable bonds is 9. The highest BCUT2D eigenvalue weighted by Gasteiger charge is 2.34. The summed E-state index contributed by atoms with van der Waals surface area (Å²) >= 11 is 0. The average Bonchev–Trinajstić information content (AvgIpc) is 2.54. The molecule has 0 aliphatic heterocycles. The number of carboxylic acid groups (broad SMARTS) is 1. The SMILES string of the molecule is CCN(CC(=O)O)C1CC(NC(=O)NCCOc2c(C)cccc2C)C1. The van der Waals surface area contributed by atoms with Gasteiger partial charge in [0.15, 0.2) is 0 Å². The lowest BCUT2D eigenvalue weighted by Crippen LogP contribution is -2.56. The van der Waals surface area contributed by atoms with Crippen LogP contribution in [0.4, 0.5) is 4.79 Å². The molecule has 0 atom stereocenters. The molecule has 1 saturated carbocycles. The number of para-hydroxylation sites is 1. The number of carboxylic acids is 1. The Morgan fingerprint density at radius 3 is 2.50 bits per heavy atom. The predicted octanol–water partition coefficient (Wildman–Crippen LogP) is 1.92. The lowest BCUT2D eigenvalue weighted by Gasteiger charge is -2.42. The summed E-state index contributed by atoms with van der Waals surface area (Å²) in [6.07, 6.45) is 1.57. The van der Waals surface area contributed by atoms with Crippen LogP contribution < -0.4 is 15.4 Å². The van der Waals surface area contributed by atoms with E-state index in [4.69, 9.17) is 9.84 Å². The van der Waals surface area contributed by atoms with Gasteiger partial charge >= 0.3 is 12.0 Å². The molecule has 1 aromatic carbocycles. The number of aryl methyl sites for hydroxylation is 2. The summed E-state index contributed by atoms with van der Waals surface area (Å²) in [4.78, 5) is 24.7. The molecule has 2 amide bonds. The van der Waals surface area contributed by atoms with Crippen molar-refractivity contribution in [2.45, 2.75) is 45.7 Å². The third-order valence-electron chi connectivity index (χ3n) is 4.75. The molecule has 0 saturated heterocycles. The van der Waals surface area contributed by atoms with Crippen LogP contribution in [0, 0.1) is 13.8 Å². The third kappa shape index (κ3) is 5.62. The van der Waals surface area contributed by atoms with Crippen LogP contribution in [-0.4, -0.2) is 60.3 Å². The Morgan fingerprint density at radius 1 is 1.27 bits per heavy atom. The number of carbonyl (C=O) groups excluding carboxylic acids is 1. The minimum atomic E-state index is -0.815. The number of hydrogen-bond donors (Lipinski definition) is 3. The quantitative estimate of drug-likeness (QED) is 0.583. The number of ether oxygens (including phenoxy) is 1. The summed E-state index contributed by atoms with van der Waals surface area (Å²) in [7, 11) is 0. The number of urea groups is 1. The van der Waals surface area contributed by atoms with Crippen molar-refractivity contribution in [3.63, 3.8) is 0 Å². The smallest absolute Gasteiger partial charge is 0.317 e.